The highest BCUT2D eigenvalue weighted by atomic mass is 32.2. The van der Waals surface area contributed by atoms with E-state index in [1.165, 1.54) is 27.4 Å². The van der Waals surface area contributed by atoms with Crippen LogP contribution in [0.3, 0.4) is 0 Å². The van der Waals surface area contributed by atoms with E-state index < -0.39 is 15.8 Å². The summed E-state index contributed by atoms with van der Waals surface area (Å²) in [5, 5.41) is 3.07. The van der Waals surface area contributed by atoms with E-state index in [1.54, 1.807) is 6.07 Å². The first-order valence-corrected chi connectivity index (χ1v) is 13.1. The first-order valence-electron chi connectivity index (χ1n) is 11.7. The number of hydrogen-bond acceptors (Lipinski definition) is 5. The molecule has 2 aliphatic rings. The molecule has 2 fully saturated rings. The van der Waals surface area contributed by atoms with Gasteiger partial charge in [-0.05, 0) is 43.2 Å². The average Bonchev–Trinajstić information content (AvgIpc) is 2.93. The van der Waals surface area contributed by atoms with Crippen molar-refractivity contribution in [2.45, 2.75) is 76.3 Å². The molecule has 4 rings (SSSR count). The molecule has 2 aromatic rings. The number of carbonyl (C=O) groups is 1. The number of sulfonamides is 1. The van der Waals surface area contributed by atoms with E-state index in [0.29, 0.717) is 30.4 Å². The molecule has 1 aliphatic carbocycles. The molecular weight excluding hydrogens is 430 g/mol. The van der Waals surface area contributed by atoms with Crippen LogP contribution in [0.15, 0.2) is 32.3 Å². The monoisotopic (exact) mass is 463 g/mol. The summed E-state index contributed by atoms with van der Waals surface area (Å²) < 4.78 is 34.2. The highest BCUT2D eigenvalue weighted by Crippen LogP contribution is 2.29. The Hall–Kier alpha value is -2.13. The Morgan fingerprint density at radius 2 is 1.81 bits per heavy atom. The van der Waals surface area contributed by atoms with Crippen LogP contribution in [0.1, 0.15) is 58.8 Å². The maximum Gasteiger partial charge on any atom is 0.420 e. The zero-order valence-electron chi connectivity index (χ0n) is 18.9. The number of nitrogens with zero attached hydrogens (tertiary/aromatic N) is 2. The lowest BCUT2D eigenvalue weighted by molar-refractivity contribution is -0.123. The second kappa shape index (κ2) is 9.39. The molecule has 1 N–H and O–H groups in total. The lowest BCUT2D eigenvalue weighted by Gasteiger charge is -2.34. The fourth-order valence-corrected chi connectivity index (χ4v) is 6.50. The second-order valence-corrected chi connectivity index (χ2v) is 11.3. The van der Waals surface area contributed by atoms with Gasteiger partial charge in [0.25, 0.3) is 0 Å². The maximum atomic E-state index is 13.1. The SMILES string of the molecule is C[C@@H]1[C@H](C)CCC[C@H]1NC(=O)Cn1c(=O)oc2cc(S(=O)(=O)N3CCCCCC3)ccc21. The van der Waals surface area contributed by atoms with Crippen molar-refractivity contribution in [3.05, 3.63) is 28.7 Å². The van der Waals surface area contributed by atoms with Crippen LogP contribution in [-0.2, 0) is 21.4 Å². The number of benzene rings is 1. The number of hydrogen-bond donors (Lipinski definition) is 1. The number of rotatable bonds is 5. The van der Waals surface area contributed by atoms with Gasteiger partial charge in [0.05, 0.1) is 10.4 Å². The molecule has 3 atom stereocenters. The Bertz CT molecular complexity index is 1130. The molecule has 8 nitrogen and oxygen atoms in total. The van der Waals surface area contributed by atoms with E-state index in [4.69, 9.17) is 4.42 Å². The van der Waals surface area contributed by atoms with Gasteiger partial charge in [0.15, 0.2) is 5.58 Å². The quantitative estimate of drug-likeness (QED) is 0.734. The molecule has 2 heterocycles. The Labute approximate surface area is 189 Å². The van der Waals surface area contributed by atoms with Gasteiger partial charge in [-0.3, -0.25) is 9.36 Å². The predicted molar refractivity (Wildman–Crippen MR) is 122 cm³/mol. The normalized spacial score (nSPS) is 25.5. The summed E-state index contributed by atoms with van der Waals surface area (Å²) in [5.74, 6) is 0.0416. The van der Waals surface area contributed by atoms with Crippen molar-refractivity contribution in [1.82, 2.24) is 14.2 Å². The zero-order chi connectivity index (χ0) is 22.9. The van der Waals surface area contributed by atoms with Gasteiger partial charge in [-0.2, -0.15) is 4.31 Å². The van der Waals surface area contributed by atoms with Gasteiger partial charge in [-0.1, -0.05) is 39.5 Å². The van der Waals surface area contributed by atoms with Crippen LogP contribution in [0.25, 0.3) is 11.1 Å². The molecule has 1 saturated carbocycles. The van der Waals surface area contributed by atoms with Gasteiger partial charge in [0, 0.05) is 25.2 Å². The molecule has 0 radical (unpaired) electrons. The minimum Gasteiger partial charge on any atom is -0.408 e. The molecule has 1 aromatic carbocycles. The average molecular weight is 464 g/mol. The summed E-state index contributed by atoms with van der Waals surface area (Å²) in [7, 11) is -3.65. The van der Waals surface area contributed by atoms with Crippen molar-refractivity contribution in [2.24, 2.45) is 11.8 Å². The van der Waals surface area contributed by atoms with Gasteiger partial charge in [0.1, 0.15) is 6.54 Å². The fraction of sp³-hybridized carbons (Fsp3) is 0.652. The van der Waals surface area contributed by atoms with Crippen LogP contribution in [0.2, 0.25) is 0 Å². The Morgan fingerprint density at radius 1 is 1.09 bits per heavy atom. The lowest BCUT2D eigenvalue weighted by atomic mass is 9.78. The van der Waals surface area contributed by atoms with Crippen molar-refractivity contribution in [3.8, 4) is 0 Å². The summed E-state index contributed by atoms with van der Waals surface area (Å²) in [6, 6.07) is 4.56. The van der Waals surface area contributed by atoms with Crippen LogP contribution >= 0.6 is 0 Å². The molecule has 0 spiro atoms. The Morgan fingerprint density at radius 3 is 2.53 bits per heavy atom. The predicted octanol–water partition coefficient (Wildman–Crippen LogP) is 3.10. The third-order valence-corrected chi connectivity index (χ3v) is 9.09. The van der Waals surface area contributed by atoms with Crippen LogP contribution in [0.4, 0.5) is 0 Å². The molecule has 1 aromatic heterocycles. The van der Waals surface area contributed by atoms with Gasteiger partial charge in [-0.25, -0.2) is 13.2 Å². The molecule has 9 heteroatoms. The van der Waals surface area contributed by atoms with Gasteiger partial charge in [-0.15, -0.1) is 0 Å². The third kappa shape index (κ3) is 4.64. The van der Waals surface area contributed by atoms with E-state index in [2.05, 4.69) is 19.2 Å². The molecular formula is C23H33N3O5S. The number of carbonyl (C=O) groups excluding carboxylic acids is 1. The Kier molecular flexibility index (Phi) is 6.76. The number of amides is 1. The number of nitrogens with one attached hydrogen (secondary N) is 1. The highest BCUT2D eigenvalue weighted by molar-refractivity contribution is 7.89. The molecule has 1 aliphatic heterocycles. The topological polar surface area (TPSA) is 102 Å². The molecule has 0 unspecified atom stereocenters. The van der Waals surface area contributed by atoms with E-state index in [1.807, 2.05) is 0 Å². The smallest absolute Gasteiger partial charge is 0.408 e. The van der Waals surface area contributed by atoms with Crippen molar-refractivity contribution in [2.75, 3.05) is 13.1 Å². The summed E-state index contributed by atoms with van der Waals surface area (Å²) in [6.07, 6.45) is 6.95. The van der Waals surface area contributed by atoms with Gasteiger partial charge >= 0.3 is 5.76 Å². The van der Waals surface area contributed by atoms with Crippen molar-refractivity contribution < 1.29 is 17.6 Å². The van der Waals surface area contributed by atoms with Crippen LogP contribution in [0, 0.1) is 11.8 Å². The first kappa shape index (κ1) is 23.0. The summed E-state index contributed by atoms with van der Waals surface area (Å²) in [6.45, 7) is 5.21. The molecule has 1 amide bonds. The van der Waals surface area contributed by atoms with Crippen molar-refractivity contribution in [3.63, 3.8) is 0 Å². The van der Waals surface area contributed by atoms with E-state index in [0.717, 1.165) is 38.5 Å². The van der Waals surface area contributed by atoms with E-state index in [9.17, 15) is 18.0 Å². The van der Waals surface area contributed by atoms with Crippen molar-refractivity contribution in [1.29, 1.82) is 0 Å². The molecule has 32 heavy (non-hydrogen) atoms. The first-order chi connectivity index (χ1) is 15.3. The van der Waals surface area contributed by atoms with Gasteiger partial charge in [0.2, 0.25) is 15.9 Å². The van der Waals surface area contributed by atoms with Crippen molar-refractivity contribution >= 4 is 27.0 Å². The molecule has 0 bridgehead atoms. The minimum atomic E-state index is -3.65. The molecule has 1 saturated heterocycles. The lowest BCUT2D eigenvalue weighted by Crippen LogP contribution is -2.45. The highest BCUT2D eigenvalue weighted by Gasteiger charge is 2.29. The summed E-state index contributed by atoms with van der Waals surface area (Å²) in [5.41, 5.74) is 0.600. The Balaban J connectivity index is 1.53. The van der Waals surface area contributed by atoms with E-state index >= 15 is 0 Å². The summed E-state index contributed by atoms with van der Waals surface area (Å²) >= 11 is 0. The number of oxazole rings is 1. The minimum absolute atomic E-state index is 0.102. The maximum absolute atomic E-state index is 13.1. The van der Waals surface area contributed by atoms with E-state index in [-0.39, 0.29) is 29.0 Å². The van der Waals surface area contributed by atoms with Crippen LogP contribution in [0.5, 0.6) is 0 Å². The fourth-order valence-electron chi connectivity index (χ4n) is 4.97. The molecule has 176 valence electrons. The second-order valence-electron chi connectivity index (χ2n) is 9.34. The summed E-state index contributed by atoms with van der Waals surface area (Å²) in [4.78, 5) is 25.2. The third-order valence-electron chi connectivity index (χ3n) is 7.20. The standard InChI is InChI=1S/C23H33N3O5S/c1-16-8-7-9-19(17(16)2)24-22(27)15-26-20-11-10-18(14-21(20)31-23(26)28)32(29,30)25-12-5-3-4-6-13-25/h10-11,14,16-17,19H,3-9,12-13,15H2,1-2H3,(H,24,27)/t16-,17-,19-/m1/s1. The van der Waals surface area contributed by atoms with Crippen LogP contribution in [-0.4, -0.2) is 42.3 Å². The number of fused-ring (bicyclic) bond motifs is 1. The van der Waals surface area contributed by atoms with Crippen LogP contribution < -0.4 is 11.1 Å². The zero-order valence-corrected chi connectivity index (χ0v) is 19.7. The van der Waals surface area contributed by atoms with Gasteiger partial charge < -0.3 is 9.73 Å². The number of aromatic nitrogens is 1. The largest absolute Gasteiger partial charge is 0.420 e.